The van der Waals surface area contributed by atoms with Crippen LogP contribution in [0.2, 0.25) is 0 Å². The fourth-order valence-corrected chi connectivity index (χ4v) is 4.60. The largest absolute Gasteiger partial charge is 0.478 e. The van der Waals surface area contributed by atoms with Crippen molar-refractivity contribution in [1.82, 2.24) is 9.88 Å². The molecule has 5 rings (SSSR count). The van der Waals surface area contributed by atoms with Gasteiger partial charge < -0.3 is 25.0 Å². The molecule has 160 valence electrons. The highest BCUT2D eigenvalue weighted by Gasteiger charge is 2.30. The standard InChI is InChI=1S/C23H23N3O5/c27-21-17(16-11-13(23(29)30)5-6-18(16)25-21)12-19-14-3-1-2-4-15(14)20(24-19)22(28)26-7-9-31-10-8-26/h5-6,11-12,24H,1-4,7-10H2,(H,25,27)(H,29,30)/b17-12-. The first-order valence-corrected chi connectivity index (χ1v) is 10.5. The molecule has 0 bridgehead atoms. The zero-order valence-electron chi connectivity index (χ0n) is 17.0. The Morgan fingerprint density at radius 2 is 1.84 bits per heavy atom. The highest BCUT2D eigenvalue weighted by atomic mass is 16.5. The minimum atomic E-state index is -1.04. The summed E-state index contributed by atoms with van der Waals surface area (Å²) in [5.74, 6) is -1.36. The average Bonchev–Trinajstić information content (AvgIpc) is 3.31. The summed E-state index contributed by atoms with van der Waals surface area (Å²) < 4.78 is 5.36. The number of morpholine rings is 1. The molecule has 1 fully saturated rings. The number of anilines is 1. The fourth-order valence-electron chi connectivity index (χ4n) is 4.60. The first-order valence-electron chi connectivity index (χ1n) is 10.5. The molecule has 1 aromatic heterocycles. The van der Waals surface area contributed by atoms with Crippen molar-refractivity contribution in [3.63, 3.8) is 0 Å². The number of aromatic nitrogens is 1. The first kappa shape index (κ1) is 19.6. The van der Waals surface area contributed by atoms with Gasteiger partial charge in [-0.15, -0.1) is 0 Å². The van der Waals surface area contributed by atoms with Gasteiger partial charge in [0.2, 0.25) is 0 Å². The van der Waals surface area contributed by atoms with E-state index in [4.69, 9.17) is 4.74 Å². The molecule has 0 atom stereocenters. The molecule has 2 amide bonds. The topological polar surface area (TPSA) is 112 Å². The second-order valence-corrected chi connectivity index (χ2v) is 8.06. The lowest BCUT2D eigenvalue weighted by Gasteiger charge is -2.27. The monoisotopic (exact) mass is 421 g/mol. The van der Waals surface area contributed by atoms with Crippen LogP contribution in [0, 0.1) is 0 Å². The van der Waals surface area contributed by atoms with Gasteiger partial charge in [-0.1, -0.05) is 0 Å². The molecule has 0 spiro atoms. The predicted molar refractivity (Wildman–Crippen MR) is 114 cm³/mol. The maximum Gasteiger partial charge on any atom is 0.335 e. The molecule has 3 aliphatic rings. The predicted octanol–water partition coefficient (Wildman–Crippen LogP) is 2.56. The van der Waals surface area contributed by atoms with E-state index in [1.165, 1.54) is 12.1 Å². The smallest absolute Gasteiger partial charge is 0.335 e. The number of aromatic carboxylic acids is 1. The summed E-state index contributed by atoms with van der Waals surface area (Å²) in [5.41, 5.74) is 5.14. The zero-order valence-corrected chi connectivity index (χ0v) is 17.0. The van der Waals surface area contributed by atoms with Crippen LogP contribution in [-0.4, -0.2) is 59.1 Å². The van der Waals surface area contributed by atoms with Gasteiger partial charge in [-0.2, -0.15) is 0 Å². The third-order valence-corrected chi connectivity index (χ3v) is 6.20. The summed E-state index contributed by atoms with van der Waals surface area (Å²) in [6.07, 6.45) is 5.47. The summed E-state index contributed by atoms with van der Waals surface area (Å²) in [5, 5.41) is 12.1. The summed E-state index contributed by atoms with van der Waals surface area (Å²) >= 11 is 0. The van der Waals surface area contributed by atoms with Gasteiger partial charge in [-0.05, 0) is 61.1 Å². The number of carbonyl (C=O) groups is 3. The number of H-pyrrole nitrogens is 1. The Bertz CT molecular complexity index is 1120. The summed E-state index contributed by atoms with van der Waals surface area (Å²) in [7, 11) is 0. The number of nitrogens with zero attached hydrogens (tertiary/aromatic N) is 1. The van der Waals surface area contributed by atoms with Gasteiger partial charge in [0, 0.05) is 30.0 Å². The number of carboxylic acids is 1. The number of ether oxygens (including phenoxy) is 1. The van der Waals surface area contributed by atoms with Crippen LogP contribution in [0.1, 0.15) is 56.1 Å². The molecule has 2 aliphatic heterocycles. The first-order chi connectivity index (χ1) is 15.0. The van der Waals surface area contributed by atoms with Gasteiger partial charge in [0.05, 0.1) is 24.4 Å². The number of amides is 2. The Morgan fingerprint density at radius 1 is 1.10 bits per heavy atom. The number of carbonyl (C=O) groups excluding carboxylic acids is 2. The lowest BCUT2D eigenvalue weighted by Crippen LogP contribution is -2.41. The van der Waals surface area contributed by atoms with Crippen molar-refractivity contribution < 1.29 is 24.2 Å². The van der Waals surface area contributed by atoms with Crippen LogP contribution in [0.3, 0.4) is 0 Å². The molecule has 0 saturated carbocycles. The second-order valence-electron chi connectivity index (χ2n) is 8.06. The van der Waals surface area contributed by atoms with E-state index in [0.717, 1.165) is 42.5 Å². The Morgan fingerprint density at radius 3 is 2.58 bits per heavy atom. The molecule has 0 radical (unpaired) electrons. The number of rotatable bonds is 3. The molecule has 1 aromatic carbocycles. The molecule has 3 heterocycles. The third kappa shape index (κ3) is 3.42. The van der Waals surface area contributed by atoms with Crippen molar-refractivity contribution >= 4 is 35.1 Å². The van der Waals surface area contributed by atoms with Gasteiger partial charge in [0.25, 0.3) is 11.8 Å². The van der Waals surface area contributed by atoms with E-state index in [1.54, 1.807) is 17.0 Å². The molecule has 0 unspecified atom stereocenters. The van der Waals surface area contributed by atoms with Crippen molar-refractivity contribution in [3.8, 4) is 0 Å². The number of aromatic amines is 1. The normalized spacial score (nSPS) is 19.2. The molecule has 8 nitrogen and oxygen atoms in total. The highest BCUT2D eigenvalue weighted by Crippen LogP contribution is 2.36. The fraction of sp³-hybridized carbons (Fsp3) is 0.348. The summed E-state index contributed by atoms with van der Waals surface area (Å²) in [4.78, 5) is 42.3. The van der Waals surface area contributed by atoms with Gasteiger partial charge in [-0.25, -0.2) is 4.79 Å². The van der Waals surface area contributed by atoms with Gasteiger partial charge >= 0.3 is 5.97 Å². The van der Waals surface area contributed by atoms with E-state index in [1.807, 2.05) is 0 Å². The maximum absolute atomic E-state index is 13.2. The number of carboxylic acid groups (broad SMARTS) is 1. The van der Waals surface area contributed by atoms with E-state index in [0.29, 0.717) is 48.8 Å². The zero-order chi connectivity index (χ0) is 21.5. The minimum absolute atomic E-state index is 0.0319. The molecular formula is C23H23N3O5. The average molecular weight is 421 g/mol. The van der Waals surface area contributed by atoms with Crippen LogP contribution in [0.15, 0.2) is 18.2 Å². The number of benzene rings is 1. The number of hydrogen-bond acceptors (Lipinski definition) is 4. The Labute approximate surface area is 178 Å². The van der Waals surface area contributed by atoms with Crippen LogP contribution in [0.25, 0.3) is 11.6 Å². The van der Waals surface area contributed by atoms with Crippen molar-refractivity contribution in [1.29, 1.82) is 0 Å². The van der Waals surface area contributed by atoms with E-state index in [2.05, 4.69) is 10.3 Å². The third-order valence-electron chi connectivity index (χ3n) is 6.20. The van der Waals surface area contributed by atoms with E-state index >= 15 is 0 Å². The van der Waals surface area contributed by atoms with Gasteiger partial charge in [0.15, 0.2) is 0 Å². The molecule has 3 N–H and O–H groups in total. The number of fused-ring (bicyclic) bond motifs is 2. The Kier molecular flexibility index (Phi) is 4.86. The van der Waals surface area contributed by atoms with Gasteiger partial charge in [-0.3, -0.25) is 9.59 Å². The van der Waals surface area contributed by atoms with Crippen LogP contribution < -0.4 is 5.32 Å². The van der Waals surface area contributed by atoms with Crippen molar-refractivity contribution in [3.05, 3.63) is 51.8 Å². The molecule has 1 saturated heterocycles. The highest BCUT2D eigenvalue weighted by molar-refractivity contribution is 6.35. The quantitative estimate of drug-likeness (QED) is 0.660. The SMILES string of the molecule is O=C1Nc2ccc(C(=O)O)cc2/C1=C/c1[nH]c(C(=O)N2CCOCC2)c2c1CCCC2. The maximum atomic E-state index is 13.2. The van der Waals surface area contributed by atoms with E-state index < -0.39 is 5.97 Å². The van der Waals surface area contributed by atoms with Crippen molar-refractivity contribution in [2.45, 2.75) is 25.7 Å². The van der Waals surface area contributed by atoms with E-state index in [9.17, 15) is 19.5 Å². The lowest BCUT2D eigenvalue weighted by molar-refractivity contribution is -0.110. The Hall–Kier alpha value is -3.39. The van der Waals surface area contributed by atoms with Gasteiger partial charge in [0.1, 0.15) is 5.69 Å². The van der Waals surface area contributed by atoms with Crippen LogP contribution in [-0.2, 0) is 22.4 Å². The molecule has 31 heavy (non-hydrogen) atoms. The van der Waals surface area contributed by atoms with E-state index in [-0.39, 0.29) is 17.4 Å². The number of hydrogen-bond donors (Lipinski definition) is 3. The Balaban J connectivity index is 1.57. The molecular weight excluding hydrogens is 398 g/mol. The second kappa shape index (κ2) is 7.70. The molecule has 1 aliphatic carbocycles. The van der Waals surface area contributed by atoms with Crippen LogP contribution >= 0.6 is 0 Å². The lowest BCUT2D eigenvalue weighted by atomic mass is 9.91. The minimum Gasteiger partial charge on any atom is -0.478 e. The van der Waals surface area contributed by atoms with Crippen LogP contribution in [0.5, 0.6) is 0 Å². The summed E-state index contributed by atoms with van der Waals surface area (Å²) in [6.45, 7) is 2.20. The van der Waals surface area contributed by atoms with Crippen molar-refractivity contribution in [2.24, 2.45) is 0 Å². The number of nitrogens with one attached hydrogen (secondary N) is 2. The molecule has 8 heteroatoms. The van der Waals surface area contributed by atoms with Crippen molar-refractivity contribution in [2.75, 3.05) is 31.6 Å². The van der Waals surface area contributed by atoms with Crippen LogP contribution in [0.4, 0.5) is 5.69 Å². The summed E-state index contributed by atoms with van der Waals surface area (Å²) in [6, 6.07) is 4.59. The molecule has 2 aromatic rings.